The van der Waals surface area contributed by atoms with Crippen LogP contribution in [0, 0.1) is 11.3 Å². The summed E-state index contributed by atoms with van der Waals surface area (Å²) in [4.78, 5) is 4.31. The van der Waals surface area contributed by atoms with Gasteiger partial charge in [-0.05, 0) is 43.3 Å². The number of rotatable bonds is 6. The van der Waals surface area contributed by atoms with Gasteiger partial charge in [-0.25, -0.2) is 0 Å². The number of pyridine rings is 1. The maximum atomic E-state index is 9.17. The molecular formula is C20H18N4O2. The van der Waals surface area contributed by atoms with Crippen molar-refractivity contribution in [1.29, 1.82) is 5.26 Å². The summed E-state index contributed by atoms with van der Waals surface area (Å²) in [6, 6.07) is 20.6. The highest BCUT2D eigenvalue weighted by molar-refractivity contribution is 5.67. The first-order valence-electron chi connectivity index (χ1n) is 8.13. The predicted octanol–water partition coefficient (Wildman–Crippen LogP) is 4.47. The molecule has 0 bridgehead atoms. The van der Waals surface area contributed by atoms with Crippen LogP contribution >= 0.6 is 0 Å². The van der Waals surface area contributed by atoms with Gasteiger partial charge in [0.2, 0.25) is 5.88 Å². The Balaban J connectivity index is 1.76. The second-order valence-electron chi connectivity index (χ2n) is 5.39. The Kier molecular flexibility index (Phi) is 5.20. The second kappa shape index (κ2) is 7.90. The lowest BCUT2D eigenvalue weighted by atomic mass is 10.2. The van der Waals surface area contributed by atoms with Gasteiger partial charge in [0.15, 0.2) is 0 Å². The minimum atomic E-state index is 0.224. The first kappa shape index (κ1) is 17.1. The minimum Gasteiger partial charge on any atom is -0.477 e. The molecule has 1 heterocycles. The molecule has 3 rings (SSSR count). The van der Waals surface area contributed by atoms with Gasteiger partial charge in [-0.3, -0.25) is 0 Å². The van der Waals surface area contributed by atoms with Crippen molar-refractivity contribution < 1.29 is 9.47 Å². The van der Waals surface area contributed by atoms with E-state index >= 15 is 0 Å². The largest absolute Gasteiger partial charge is 0.477 e. The van der Waals surface area contributed by atoms with Crippen molar-refractivity contribution in [2.45, 2.75) is 6.92 Å². The molecule has 130 valence electrons. The number of nitrogen functional groups attached to an aromatic ring is 1. The zero-order valence-electron chi connectivity index (χ0n) is 14.3. The van der Waals surface area contributed by atoms with Crippen molar-refractivity contribution in [3.05, 3.63) is 66.2 Å². The molecule has 1 aromatic heterocycles. The number of hydrogen-bond donors (Lipinski definition) is 2. The standard InChI is InChI=1S/C20H18N4O2/c1-2-25-20-17(13-21)18(22)12-19(24-20)23-14-8-10-16(11-9-14)26-15-6-4-3-5-7-15/h3-12H,2H2,1H3,(H3,22,23,24). The van der Waals surface area contributed by atoms with Gasteiger partial charge >= 0.3 is 0 Å². The summed E-state index contributed by atoms with van der Waals surface area (Å²) in [6.07, 6.45) is 0. The number of nitrogens with one attached hydrogen (secondary N) is 1. The number of benzene rings is 2. The average Bonchev–Trinajstić information content (AvgIpc) is 2.64. The molecule has 0 aliphatic rings. The molecule has 0 saturated carbocycles. The third kappa shape index (κ3) is 4.02. The Labute approximate surface area is 151 Å². The SMILES string of the molecule is CCOc1nc(Nc2ccc(Oc3ccccc3)cc2)cc(N)c1C#N. The zero-order chi connectivity index (χ0) is 18.4. The fraction of sp³-hybridized carbons (Fsp3) is 0.100. The number of nitrogens with two attached hydrogens (primary N) is 1. The molecule has 3 N–H and O–H groups in total. The summed E-state index contributed by atoms with van der Waals surface area (Å²) in [5, 5.41) is 12.3. The lowest BCUT2D eigenvalue weighted by Gasteiger charge is -2.12. The van der Waals surface area contributed by atoms with Crippen LogP contribution < -0.4 is 20.5 Å². The fourth-order valence-corrected chi connectivity index (χ4v) is 2.34. The summed E-state index contributed by atoms with van der Waals surface area (Å²) in [5.74, 6) is 2.23. The molecule has 6 nitrogen and oxygen atoms in total. The molecule has 0 aliphatic carbocycles. The van der Waals surface area contributed by atoms with Crippen molar-refractivity contribution in [2.24, 2.45) is 0 Å². The Hall–Kier alpha value is -3.72. The number of nitriles is 1. The monoisotopic (exact) mass is 346 g/mol. The van der Waals surface area contributed by atoms with Gasteiger partial charge in [0.25, 0.3) is 0 Å². The van der Waals surface area contributed by atoms with Gasteiger partial charge in [-0.15, -0.1) is 0 Å². The number of para-hydroxylation sites is 1. The van der Waals surface area contributed by atoms with E-state index in [4.69, 9.17) is 15.2 Å². The van der Waals surface area contributed by atoms with Crippen molar-refractivity contribution in [3.63, 3.8) is 0 Å². The van der Waals surface area contributed by atoms with E-state index in [0.717, 1.165) is 17.2 Å². The van der Waals surface area contributed by atoms with Crippen LogP contribution in [0.15, 0.2) is 60.7 Å². The second-order valence-corrected chi connectivity index (χ2v) is 5.39. The summed E-state index contributed by atoms with van der Waals surface area (Å²) in [5.41, 5.74) is 7.29. The van der Waals surface area contributed by atoms with Crippen molar-refractivity contribution >= 4 is 17.2 Å². The van der Waals surface area contributed by atoms with Gasteiger partial charge in [0, 0.05) is 11.8 Å². The highest BCUT2D eigenvalue weighted by Crippen LogP contribution is 2.28. The van der Waals surface area contributed by atoms with Crippen LogP contribution in [0.25, 0.3) is 0 Å². The number of nitrogens with zero attached hydrogens (tertiary/aromatic N) is 2. The average molecular weight is 346 g/mol. The lowest BCUT2D eigenvalue weighted by molar-refractivity contribution is 0.326. The molecule has 0 aliphatic heterocycles. The van der Waals surface area contributed by atoms with Gasteiger partial charge in [0.05, 0.1) is 12.3 Å². The summed E-state index contributed by atoms with van der Waals surface area (Å²) in [6.45, 7) is 2.22. The van der Waals surface area contributed by atoms with Crippen molar-refractivity contribution in [3.8, 4) is 23.4 Å². The first-order chi connectivity index (χ1) is 12.7. The molecular weight excluding hydrogens is 328 g/mol. The Morgan fingerprint density at radius 2 is 1.77 bits per heavy atom. The number of hydrogen-bond acceptors (Lipinski definition) is 6. The highest BCUT2D eigenvalue weighted by atomic mass is 16.5. The first-order valence-corrected chi connectivity index (χ1v) is 8.13. The molecule has 0 unspecified atom stereocenters. The van der Waals surface area contributed by atoms with Gasteiger partial charge < -0.3 is 20.5 Å². The van der Waals surface area contributed by atoms with E-state index in [1.165, 1.54) is 0 Å². The number of aromatic nitrogens is 1. The number of anilines is 3. The van der Waals surface area contributed by atoms with E-state index in [9.17, 15) is 5.26 Å². The Morgan fingerprint density at radius 3 is 2.42 bits per heavy atom. The van der Waals surface area contributed by atoms with E-state index < -0.39 is 0 Å². The lowest BCUT2D eigenvalue weighted by Crippen LogP contribution is -2.04. The molecule has 3 aromatic rings. The van der Waals surface area contributed by atoms with Crippen molar-refractivity contribution in [2.75, 3.05) is 17.7 Å². The Bertz CT molecular complexity index is 919. The van der Waals surface area contributed by atoms with Crippen molar-refractivity contribution in [1.82, 2.24) is 4.98 Å². The highest BCUT2D eigenvalue weighted by Gasteiger charge is 2.12. The molecule has 0 spiro atoms. The van der Waals surface area contributed by atoms with E-state index in [2.05, 4.69) is 10.3 Å². The minimum absolute atomic E-state index is 0.224. The summed E-state index contributed by atoms with van der Waals surface area (Å²) < 4.78 is 11.2. The van der Waals surface area contributed by atoms with E-state index in [-0.39, 0.29) is 11.4 Å². The van der Waals surface area contributed by atoms with Gasteiger partial charge in [-0.2, -0.15) is 10.2 Å². The molecule has 2 aromatic carbocycles. The predicted molar refractivity (Wildman–Crippen MR) is 101 cm³/mol. The normalized spacial score (nSPS) is 10.0. The maximum Gasteiger partial charge on any atom is 0.235 e. The molecule has 0 amide bonds. The van der Waals surface area contributed by atoms with Crippen LogP contribution in [0.1, 0.15) is 12.5 Å². The summed E-state index contributed by atoms with van der Waals surface area (Å²) in [7, 11) is 0. The van der Waals surface area contributed by atoms with Crippen LogP contribution in [0.2, 0.25) is 0 Å². The van der Waals surface area contributed by atoms with Crippen LogP contribution in [0.3, 0.4) is 0 Å². The van der Waals surface area contributed by atoms with Gasteiger partial charge in [-0.1, -0.05) is 18.2 Å². The third-order valence-electron chi connectivity index (χ3n) is 3.52. The molecule has 0 fully saturated rings. The van der Waals surface area contributed by atoms with Crippen LogP contribution in [0.5, 0.6) is 17.4 Å². The van der Waals surface area contributed by atoms with E-state index in [1.807, 2.05) is 67.6 Å². The molecule has 0 atom stereocenters. The molecule has 0 saturated heterocycles. The maximum absolute atomic E-state index is 9.17. The smallest absolute Gasteiger partial charge is 0.235 e. The molecule has 0 radical (unpaired) electrons. The third-order valence-corrected chi connectivity index (χ3v) is 3.52. The van der Waals surface area contributed by atoms with Crippen LogP contribution in [0.4, 0.5) is 17.2 Å². The fourth-order valence-electron chi connectivity index (χ4n) is 2.34. The van der Waals surface area contributed by atoms with E-state index in [1.54, 1.807) is 6.07 Å². The Morgan fingerprint density at radius 1 is 1.08 bits per heavy atom. The molecule has 6 heteroatoms. The quantitative estimate of drug-likeness (QED) is 0.684. The van der Waals surface area contributed by atoms with Crippen LogP contribution in [-0.2, 0) is 0 Å². The van der Waals surface area contributed by atoms with Gasteiger partial charge in [0.1, 0.15) is 28.9 Å². The topological polar surface area (TPSA) is 93.2 Å². The van der Waals surface area contributed by atoms with Crippen LogP contribution in [-0.4, -0.2) is 11.6 Å². The van der Waals surface area contributed by atoms with E-state index in [0.29, 0.717) is 18.1 Å². The number of ether oxygens (including phenoxy) is 2. The molecule has 26 heavy (non-hydrogen) atoms. The zero-order valence-corrected chi connectivity index (χ0v) is 14.3. The summed E-state index contributed by atoms with van der Waals surface area (Å²) >= 11 is 0.